The molecule has 76 valence electrons. The number of aliphatic hydroxyl groups excluding tert-OH is 1. The number of hydrogen-bond donors (Lipinski definition) is 2. The van der Waals surface area contributed by atoms with Crippen LogP contribution in [0.5, 0.6) is 5.75 Å². The molecule has 1 aromatic carbocycles. The standard InChI is InChI=1S/C10H12O4.Na/c1-5-3-7(9(12)10(13)14)4-6(2)8(5)11;/h3-4,9,11-12H,1-2H3,(H,13,14);/q;+1/p-1. The molecule has 0 aliphatic heterocycles. The summed E-state index contributed by atoms with van der Waals surface area (Å²) < 4.78 is 0. The maximum atomic E-state index is 10.4. The predicted molar refractivity (Wildman–Crippen MR) is 47.5 cm³/mol. The Labute approximate surface area is 110 Å². The van der Waals surface area contributed by atoms with Gasteiger partial charge < -0.3 is 20.1 Å². The normalized spacial score (nSPS) is 11.7. The average Bonchev–Trinajstić information content (AvgIpc) is 2.12. The molecule has 1 aromatic rings. The summed E-state index contributed by atoms with van der Waals surface area (Å²) in [6.45, 7) is 3.27. The van der Waals surface area contributed by atoms with Crippen LogP contribution in [0.2, 0.25) is 0 Å². The largest absolute Gasteiger partial charge is 1.00 e. The van der Waals surface area contributed by atoms with Gasteiger partial charge in [-0.2, -0.15) is 0 Å². The first-order valence-corrected chi connectivity index (χ1v) is 4.12. The second kappa shape index (κ2) is 5.51. The van der Waals surface area contributed by atoms with Gasteiger partial charge in [0, 0.05) is 0 Å². The number of carbonyl (C=O) groups excluding carboxylic acids is 1. The molecule has 0 radical (unpaired) electrons. The van der Waals surface area contributed by atoms with Crippen molar-refractivity contribution in [3.8, 4) is 5.75 Å². The summed E-state index contributed by atoms with van der Waals surface area (Å²) in [6.07, 6.45) is -1.65. The molecular weight excluding hydrogens is 207 g/mol. The number of aryl methyl sites for hydroxylation is 2. The van der Waals surface area contributed by atoms with E-state index in [1.54, 1.807) is 13.8 Å². The Hall–Kier alpha value is -0.550. The van der Waals surface area contributed by atoms with E-state index in [9.17, 15) is 20.1 Å². The van der Waals surface area contributed by atoms with Crippen LogP contribution in [0.4, 0.5) is 0 Å². The van der Waals surface area contributed by atoms with E-state index in [1.165, 1.54) is 12.1 Å². The number of phenols is 1. The molecule has 1 atom stereocenters. The third kappa shape index (κ3) is 3.21. The molecule has 4 nitrogen and oxygen atoms in total. The topological polar surface area (TPSA) is 80.6 Å². The summed E-state index contributed by atoms with van der Waals surface area (Å²) in [6, 6.07) is 2.84. The summed E-state index contributed by atoms with van der Waals surface area (Å²) in [5, 5.41) is 29.0. The smallest absolute Gasteiger partial charge is 0.547 e. The van der Waals surface area contributed by atoms with Crippen LogP contribution in [0.3, 0.4) is 0 Å². The van der Waals surface area contributed by atoms with Crippen molar-refractivity contribution in [1.29, 1.82) is 0 Å². The number of aliphatic hydroxyl groups is 1. The minimum Gasteiger partial charge on any atom is -0.547 e. The van der Waals surface area contributed by atoms with Crippen LogP contribution in [0.25, 0.3) is 0 Å². The molecule has 0 aliphatic rings. The Morgan fingerprint density at radius 1 is 1.33 bits per heavy atom. The van der Waals surface area contributed by atoms with Gasteiger partial charge in [-0.25, -0.2) is 0 Å². The maximum Gasteiger partial charge on any atom is 1.00 e. The molecule has 0 amide bonds. The predicted octanol–water partition coefficient (Wildman–Crippen LogP) is -3.20. The first-order chi connectivity index (χ1) is 6.43. The molecule has 1 rings (SSSR count). The minimum absolute atomic E-state index is 0. The number of aliphatic carboxylic acids is 1. The van der Waals surface area contributed by atoms with E-state index >= 15 is 0 Å². The van der Waals surface area contributed by atoms with Gasteiger partial charge in [0.05, 0.1) is 5.97 Å². The quantitative estimate of drug-likeness (QED) is 0.512. The minimum atomic E-state index is -1.65. The Bertz CT molecular complexity index is 353. The Morgan fingerprint density at radius 3 is 2.07 bits per heavy atom. The zero-order chi connectivity index (χ0) is 10.9. The van der Waals surface area contributed by atoms with E-state index in [0.717, 1.165) is 0 Å². The van der Waals surface area contributed by atoms with E-state index in [0.29, 0.717) is 11.1 Å². The number of carboxylic acid groups (broad SMARTS) is 1. The fourth-order valence-corrected chi connectivity index (χ4v) is 1.28. The molecule has 2 N–H and O–H groups in total. The van der Waals surface area contributed by atoms with E-state index in [2.05, 4.69) is 0 Å². The van der Waals surface area contributed by atoms with Crippen LogP contribution in [0.15, 0.2) is 12.1 Å². The summed E-state index contributed by atoms with van der Waals surface area (Å²) >= 11 is 0. The van der Waals surface area contributed by atoms with Crippen LogP contribution in [-0.2, 0) is 4.79 Å². The Kier molecular flexibility index (Phi) is 5.31. The fraction of sp³-hybridized carbons (Fsp3) is 0.300. The van der Waals surface area contributed by atoms with Gasteiger partial charge in [0.1, 0.15) is 11.9 Å². The molecule has 0 saturated carbocycles. The molecule has 0 bridgehead atoms. The molecule has 5 heteroatoms. The Morgan fingerprint density at radius 2 is 1.73 bits per heavy atom. The second-order valence-electron chi connectivity index (χ2n) is 3.22. The van der Waals surface area contributed by atoms with E-state index in [4.69, 9.17) is 0 Å². The van der Waals surface area contributed by atoms with Gasteiger partial charge in [-0.05, 0) is 42.7 Å². The number of carbonyl (C=O) groups is 1. The molecule has 0 saturated heterocycles. The van der Waals surface area contributed by atoms with Crippen LogP contribution in [0, 0.1) is 13.8 Å². The molecule has 15 heavy (non-hydrogen) atoms. The molecule has 1 unspecified atom stereocenters. The van der Waals surface area contributed by atoms with Crippen molar-refractivity contribution in [1.82, 2.24) is 0 Å². The summed E-state index contributed by atoms with van der Waals surface area (Å²) in [4.78, 5) is 10.4. The monoisotopic (exact) mass is 218 g/mol. The van der Waals surface area contributed by atoms with Gasteiger partial charge in [0.25, 0.3) is 0 Å². The summed E-state index contributed by atoms with van der Waals surface area (Å²) in [5.41, 5.74) is 1.28. The van der Waals surface area contributed by atoms with Crippen LogP contribution >= 0.6 is 0 Å². The van der Waals surface area contributed by atoms with Crippen molar-refractivity contribution < 1.29 is 49.7 Å². The van der Waals surface area contributed by atoms with E-state index < -0.39 is 12.1 Å². The first-order valence-electron chi connectivity index (χ1n) is 4.12. The van der Waals surface area contributed by atoms with E-state index in [1.807, 2.05) is 0 Å². The number of rotatable bonds is 2. The van der Waals surface area contributed by atoms with Crippen molar-refractivity contribution >= 4 is 5.97 Å². The third-order valence-corrected chi connectivity index (χ3v) is 2.05. The number of hydrogen-bond acceptors (Lipinski definition) is 4. The average molecular weight is 218 g/mol. The van der Waals surface area contributed by atoms with Crippen molar-refractivity contribution in [3.05, 3.63) is 28.8 Å². The number of carboxylic acids is 1. The summed E-state index contributed by atoms with van der Waals surface area (Å²) in [5.74, 6) is -1.44. The van der Waals surface area contributed by atoms with Crippen molar-refractivity contribution in [2.45, 2.75) is 20.0 Å². The maximum absolute atomic E-state index is 10.4. The molecule has 0 aliphatic carbocycles. The molecule has 0 fully saturated rings. The number of phenolic OH excluding ortho intramolecular Hbond substituents is 1. The first kappa shape index (κ1) is 14.5. The van der Waals surface area contributed by atoms with Crippen LogP contribution in [0.1, 0.15) is 22.8 Å². The zero-order valence-electron chi connectivity index (χ0n) is 8.94. The molecular formula is C10H11NaO4. The van der Waals surface area contributed by atoms with Crippen molar-refractivity contribution in [2.75, 3.05) is 0 Å². The van der Waals surface area contributed by atoms with Crippen molar-refractivity contribution in [3.63, 3.8) is 0 Å². The van der Waals surface area contributed by atoms with Gasteiger partial charge in [0.2, 0.25) is 0 Å². The van der Waals surface area contributed by atoms with Crippen LogP contribution in [-0.4, -0.2) is 16.2 Å². The van der Waals surface area contributed by atoms with Crippen LogP contribution < -0.4 is 34.7 Å². The van der Waals surface area contributed by atoms with Gasteiger partial charge >= 0.3 is 29.6 Å². The van der Waals surface area contributed by atoms with Gasteiger partial charge in [-0.3, -0.25) is 0 Å². The van der Waals surface area contributed by atoms with Gasteiger partial charge in [0.15, 0.2) is 0 Å². The molecule has 0 spiro atoms. The van der Waals surface area contributed by atoms with Crippen molar-refractivity contribution in [2.24, 2.45) is 0 Å². The van der Waals surface area contributed by atoms with E-state index in [-0.39, 0.29) is 40.9 Å². The van der Waals surface area contributed by atoms with Gasteiger partial charge in [-0.15, -0.1) is 0 Å². The second-order valence-corrected chi connectivity index (χ2v) is 3.22. The summed E-state index contributed by atoms with van der Waals surface area (Å²) in [7, 11) is 0. The SMILES string of the molecule is Cc1cc(C(O)C(=O)[O-])cc(C)c1O.[Na+]. The molecule has 0 aromatic heterocycles. The number of aromatic hydroxyl groups is 1. The zero-order valence-corrected chi connectivity index (χ0v) is 10.9. The Balaban J connectivity index is 0.00000196. The molecule has 0 heterocycles. The fourth-order valence-electron chi connectivity index (χ4n) is 1.28. The third-order valence-electron chi connectivity index (χ3n) is 2.05. The number of benzene rings is 1. The van der Waals surface area contributed by atoms with Gasteiger partial charge in [-0.1, -0.05) is 0 Å².